The van der Waals surface area contributed by atoms with Crippen LogP contribution >= 0.6 is 0 Å². The van der Waals surface area contributed by atoms with Gasteiger partial charge < -0.3 is 19.7 Å². The van der Waals surface area contributed by atoms with Crippen LogP contribution in [0.4, 0.5) is 0 Å². The maximum atomic E-state index is 12.4. The Bertz CT molecular complexity index is 786. The second kappa shape index (κ2) is 9.37. The third-order valence-corrected chi connectivity index (χ3v) is 4.70. The number of hydrogen-bond acceptors (Lipinski definition) is 4. The molecular weight excluding hydrogens is 356 g/mol. The molecule has 0 spiro atoms. The zero-order valence-electron chi connectivity index (χ0n) is 16.3. The molecule has 2 aromatic carbocycles. The summed E-state index contributed by atoms with van der Waals surface area (Å²) in [6.45, 7) is 5.54. The quantitative estimate of drug-likeness (QED) is 0.834. The highest BCUT2D eigenvalue weighted by molar-refractivity contribution is 5.89. The minimum atomic E-state index is -0.706. The summed E-state index contributed by atoms with van der Waals surface area (Å²) < 4.78 is 11.0. The fourth-order valence-corrected chi connectivity index (χ4v) is 3.06. The zero-order valence-corrected chi connectivity index (χ0v) is 16.3. The first-order valence-electron chi connectivity index (χ1n) is 9.53. The van der Waals surface area contributed by atoms with Crippen molar-refractivity contribution in [3.8, 4) is 16.9 Å². The maximum Gasteiger partial charge on any atom is 0.261 e. The van der Waals surface area contributed by atoms with Crippen molar-refractivity contribution >= 4 is 11.8 Å². The van der Waals surface area contributed by atoms with Crippen LogP contribution in [0.1, 0.15) is 13.8 Å². The number of nitrogens with one attached hydrogen (secondary N) is 1. The van der Waals surface area contributed by atoms with Crippen molar-refractivity contribution < 1.29 is 19.1 Å². The van der Waals surface area contributed by atoms with E-state index < -0.39 is 12.1 Å². The smallest absolute Gasteiger partial charge is 0.261 e. The average Bonchev–Trinajstić information content (AvgIpc) is 2.75. The minimum absolute atomic E-state index is 0.101. The van der Waals surface area contributed by atoms with E-state index in [1.165, 1.54) is 0 Å². The summed E-state index contributed by atoms with van der Waals surface area (Å²) in [6.07, 6.45) is -0.706. The van der Waals surface area contributed by atoms with Crippen molar-refractivity contribution in [3.05, 3.63) is 54.6 Å². The predicted molar refractivity (Wildman–Crippen MR) is 107 cm³/mol. The molecule has 2 amide bonds. The van der Waals surface area contributed by atoms with Crippen LogP contribution in [0, 0.1) is 0 Å². The summed E-state index contributed by atoms with van der Waals surface area (Å²) in [6, 6.07) is 17.0. The van der Waals surface area contributed by atoms with Gasteiger partial charge >= 0.3 is 0 Å². The van der Waals surface area contributed by atoms with E-state index in [1.54, 1.807) is 18.7 Å². The Morgan fingerprint density at radius 1 is 0.964 bits per heavy atom. The van der Waals surface area contributed by atoms with Crippen LogP contribution in [-0.4, -0.2) is 55.2 Å². The Labute approximate surface area is 165 Å². The molecular formula is C22H26N2O4. The van der Waals surface area contributed by atoms with Crippen LogP contribution in [0.2, 0.25) is 0 Å². The van der Waals surface area contributed by atoms with Gasteiger partial charge in [0.25, 0.3) is 5.91 Å². The first-order valence-corrected chi connectivity index (χ1v) is 9.53. The lowest BCUT2D eigenvalue weighted by Gasteiger charge is -2.29. The number of amides is 2. The lowest BCUT2D eigenvalue weighted by atomic mass is 10.1. The van der Waals surface area contributed by atoms with Crippen LogP contribution in [0.15, 0.2) is 54.6 Å². The molecule has 148 valence electrons. The van der Waals surface area contributed by atoms with Gasteiger partial charge in [0.05, 0.1) is 13.2 Å². The van der Waals surface area contributed by atoms with Crippen LogP contribution in [0.3, 0.4) is 0 Å². The van der Waals surface area contributed by atoms with Gasteiger partial charge in [-0.3, -0.25) is 9.59 Å². The number of carbonyl (C=O) groups is 2. The molecule has 28 heavy (non-hydrogen) atoms. The molecule has 2 atom stereocenters. The normalized spacial score (nSPS) is 16.1. The van der Waals surface area contributed by atoms with Crippen molar-refractivity contribution in [2.75, 3.05) is 26.3 Å². The summed E-state index contributed by atoms with van der Waals surface area (Å²) in [5, 5.41) is 2.74. The van der Waals surface area contributed by atoms with E-state index in [0.29, 0.717) is 32.1 Å². The average molecular weight is 382 g/mol. The highest BCUT2D eigenvalue weighted by Crippen LogP contribution is 2.22. The lowest BCUT2D eigenvalue weighted by Crippen LogP contribution is -2.52. The van der Waals surface area contributed by atoms with Crippen molar-refractivity contribution in [1.29, 1.82) is 0 Å². The van der Waals surface area contributed by atoms with E-state index >= 15 is 0 Å². The van der Waals surface area contributed by atoms with Crippen molar-refractivity contribution in [1.82, 2.24) is 10.2 Å². The number of hydrogen-bond donors (Lipinski definition) is 1. The Morgan fingerprint density at radius 3 is 2.21 bits per heavy atom. The van der Waals surface area contributed by atoms with Crippen molar-refractivity contribution in [2.45, 2.75) is 26.0 Å². The number of morpholine rings is 1. The molecule has 0 aromatic heterocycles. The van der Waals surface area contributed by atoms with Gasteiger partial charge in [0, 0.05) is 13.1 Å². The van der Waals surface area contributed by atoms with E-state index in [9.17, 15) is 9.59 Å². The molecule has 6 nitrogen and oxygen atoms in total. The molecule has 0 radical (unpaired) electrons. The maximum absolute atomic E-state index is 12.4. The van der Waals surface area contributed by atoms with Crippen LogP contribution in [-0.2, 0) is 14.3 Å². The first kappa shape index (κ1) is 19.9. The molecule has 1 aliphatic heterocycles. The molecule has 6 heteroatoms. The van der Waals surface area contributed by atoms with Gasteiger partial charge in [-0.05, 0) is 37.1 Å². The fraction of sp³-hybridized carbons (Fsp3) is 0.364. The van der Waals surface area contributed by atoms with E-state index in [4.69, 9.17) is 9.47 Å². The van der Waals surface area contributed by atoms with Crippen molar-refractivity contribution in [2.24, 2.45) is 0 Å². The highest BCUT2D eigenvalue weighted by atomic mass is 16.5. The standard InChI is InChI=1S/C22H26N2O4/c1-16(22(26)24-12-14-27-15-13-24)23-21(25)17(2)28-20-10-8-19(9-11-20)18-6-4-3-5-7-18/h3-11,16-17H,12-15H2,1-2H3,(H,23,25). The van der Waals surface area contributed by atoms with E-state index in [0.717, 1.165) is 11.1 Å². The van der Waals surface area contributed by atoms with Gasteiger partial charge in [-0.15, -0.1) is 0 Å². The molecule has 2 aromatic rings. The lowest BCUT2D eigenvalue weighted by molar-refractivity contribution is -0.140. The molecule has 0 saturated carbocycles. The van der Waals surface area contributed by atoms with E-state index in [2.05, 4.69) is 5.32 Å². The van der Waals surface area contributed by atoms with Crippen LogP contribution in [0.25, 0.3) is 11.1 Å². The highest BCUT2D eigenvalue weighted by Gasteiger charge is 2.25. The third-order valence-electron chi connectivity index (χ3n) is 4.70. The van der Waals surface area contributed by atoms with Gasteiger partial charge in [0.15, 0.2) is 6.10 Å². The third kappa shape index (κ3) is 5.10. The van der Waals surface area contributed by atoms with Gasteiger partial charge in [0.2, 0.25) is 5.91 Å². The number of carbonyl (C=O) groups excluding carboxylic acids is 2. The van der Waals surface area contributed by atoms with Gasteiger partial charge in [-0.1, -0.05) is 42.5 Å². The van der Waals surface area contributed by atoms with Crippen molar-refractivity contribution in [3.63, 3.8) is 0 Å². The molecule has 1 N–H and O–H groups in total. The van der Waals surface area contributed by atoms with E-state index in [1.807, 2.05) is 54.6 Å². The second-order valence-corrected chi connectivity index (χ2v) is 6.82. The number of rotatable bonds is 6. The predicted octanol–water partition coefficient (Wildman–Crippen LogP) is 2.48. The topological polar surface area (TPSA) is 67.9 Å². The molecule has 1 heterocycles. The summed E-state index contributed by atoms with van der Waals surface area (Å²) in [5.74, 6) is 0.187. The molecule has 1 fully saturated rings. The monoisotopic (exact) mass is 382 g/mol. The Morgan fingerprint density at radius 2 is 1.57 bits per heavy atom. The summed E-state index contributed by atoms with van der Waals surface area (Å²) in [4.78, 5) is 26.5. The fourth-order valence-electron chi connectivity index (χ4n) is 3.06. The van der Waals surface area contributed by atoms with Gasteiger partial charge in [-0.2, -0.15) is 0 Å². The number of ether oxygens (including phenoxy) is 2. The second-order valence-electron chi connectivity index (χ2n) is 6.82. The molecule has 2 unspecified atom stereocenters. The van der Waals surface area contributed by atoms with Gasteiger partial charge in [-0.25, -0.2) is 0 Å². The zero-order chi connectivity index (χ0) is 19.9. The summed E-state index contributed by atoms with van der Waals surface area (Å²) in [7, 11) is 0. The minimum Gasteiger partial charge on any atom is -0.481 e. The van der Waals surface area contributed by atoms with Gasteiger partial charge in [0.1, 0.15) is 11.8 Å². The summed E-state index contributed by atoms with van der Waals surface area (Å²) in [5.41, 5.74) is 2.20. The molecule has 0 aliphatic carbocycles. The number of benzene rings is 2. The van der Waals surface area contributed by atoms with Crippen LogP contribution in [0.5, 0.6) is 5.75 Å². The molecule has 1 saturated heterocycles. The largest absolute Gasteiger partial charge is 0.481 e. The Kier molecular flexibility index (Phi) is 6.66. The number of nitrogens with zero attached hydrogens (tertiary/aromatic N) is 1. The Hall–Kier alpha value is -2.86. The molecule has 1 aliphatic rings. The molecule has 0 bridgehead atoms. The Balaban J connectivity index is 1.52. The first-order chi connectivity index (χ1) is 13.5. The van der Waals surface area contributed by atoms with Crippen LogP contribution < -0.4 is 10.1 Å². The SMILES string of the molecule is CC(NC(=O)C(C)Oc1ccc(-c2ccccc2)cc1)C(=O)N1CCOCC1. The van der Waals surface area contributed by atoms with E-state index in [-0.39, 0.29) is 11.8 Å². The summed E-state index contributed by atoms with van der Waals surface area (Å²) >= 11 is 0. The molecule has 3 rings (SSSR count).